The van der Waals surface area contributed by atoms with Crippen LogP contribution in [-0.2, 0) is 9.59 Å². The monoisotopic (exact) mass is 331 g/mol. The summed E-state index contributed by atoms with van der Waals surface area (Å²) >= 11 is 9.09. The summed E-state index contributed by atoms with van der Waals surface area (Å²) in [5, 5.41) is 12.3. The molecular weight excluding hydrogens is 321 g/mol. The lowest BCUT2D eigenvalue weighted by atomic mass is 9.68. The van der Waals surface area contributed by atoms with Gasteiger partial charge >= 0.3 is 5.97 Å². The van der Waals surface area contributed by atoms with Gasteiger partial charge in [-0.1, -0.05) is 18.0 Å². The second-order valence-corrected chi connectivity index (χ2v) is 5.59. The van der Waals surface area contributed by atoms with Gasteiger partial charge in [0, 0.05) is 10.2 Å². The molecule has 2 N–H and O–H groups in total. The van der Waals surface area contributed by atoms with Crippen LogP contribution in [0.1, 0.15) is 19.3 Å². The van der Waals surface area contributed by atoms with Gasteiger partial charge in [0.05, 0.1) is 5.02 Å². The topological polar surface area (TPSA) is 66.4 Å². The molecule has 0 aromatic heterocycles. The maximum Gasteiger partial charge on any atom is 0.319 e. The minimum atomic E-state index is -1.26. The zero-order valence-corrected chi connectivity index (χ0v) is 11.7. The molecule has 18 heavy (non-hydrogen) atoms. The lowest BCUT2D eigenvalue weighted by Gasteiger charge is -2.35. The van der Waals surface area contributed by atoms with E-state index in [0.29, 0.717) is 28.0 Å². The highest BCUT2D eigenvalue weighted by Gasteiger charge is 2.51. The van der Waals surface area contributed by atoms with E-state index in [1.165, 1.54) is 0 Å². The summed E-state index contributed by atoms with van der Waals surface area (Å²) in [4.78, 5) is 23.2. The molecule has 0 radical (unpaired) electrons. The second kappa shape index (κ2) is 4.90. The lowest BCUT2D eigenvalue weighted by Crippen LogP contribution is -2.48. The molecule has 1 aliphatic carbocycles. The van der Waals surface area contributed by atoms with Gasteiger partial charge in [-0.25, -0.2) is 0 Å². The summed E-state index contributed by atoms with van der Waals surface area (Å²) in [5.41, 5.74) is -0.727. The van der Waals surface area contributed by atoms with Crippen LogP contribution in [0, 0.1) is 5.41 Å². The Balaban J connectivity index is 2.16. The van der Waals surface area contributed by atoms with Crippen LogP contribution in [0.4, 0.5) is 5.69 Å². The fourth-order valence-electron chi connectivity index (χ4n) is 1.89. The molecular formula is C12H11BrClNO3. The molecule has 1 aromatic rings. The maximum atomic E-state index is 12.0. The average Bonchev–Trinajstić information content (AvgIpc) is 2.21. The van der Waals surface area contributed by atoms with Crippen molar-refractivity contribution in [3.05, 3.63) is 27.7 Å². The van der Waals surface area contributed by atoms with Crippen molar-refractivity contribution < 1.29 is 14.7 Å². The third-order valence-electron chi connectivity index (χ3n) is 3.23. The van der Waals surface area contributed by atoms with Crippen molar-refractivity contribution in [3.63, 3.8) is 0 Å². The number of carbonyl (C=O) groups is 2. The number of carboxylic acid groups (broad SMARTS) is 1. The van der Waals surface area contributed by atoms with Crippen LogP contribution < -0.4 is 5.32 Å². The minimum Gasteiger partial charge on any atom is -0.480 e. The molecule has 6 heteroatoms. The van der Waals surface area contributed by atoms with Gasteiger partial charge < -0.3 is 10.4 Å². The summed E-state index contributed by atoms with van der Waals surface area (Å²) in [5.74, 6) is -1.52. The van der Waals surface area contributed by atoms with Crippen molar-refractivity contribution in [2.45, 2.75) is 19.3 Å². The van der Waals surface area contributed by atoms with Gasteiger partial charge in [-0.3, -0.25) is 9.59 Å². The number of rotatable bonds is 3. The predicted octanol–water partition coefficient (Wildman–Crippen LogP) is 3.30. The number of hydrogen-bond acceptors (Lipinski definition) is 2. The molecule has 0 saturated heterocycles. The Hall–Kier alpha value is -1.07. The molecule has 0 aliphatic heterocycles. The smallest absolute Gasteiger partial charge is 0.319 e. The van der Waals surface area contributed by atoms with E-state index in [4.69, 9.17) is 16.7 Å². The van der Waals surface area contributed by atoms with Gasteiger partial charge in [0.2, 0.25) is 5.91 Å². The predicted molar refractivity (Wildman–Crippen MR) is 71.7 cm³/mol. The summed E-state index contributed by atoms with van der Waals surface area (Å²) < 4.78 is 0.653. The molecule has 0 unspecified atom stereocenters. The van der Waals surface area contributed by atoms with Crippen LogP contribution in [0.25, 0.3) is 0 Å². The van der Waals surface area contributed by atoms with E-state index in [0.717, 1.165) is 6.42 Å². The summed E-state index contributed by atoms with van der Waals surface area (Å²) in [6.45, 7) is 0. The summed E-state index contributed by atoms with van der Waals surface area (Å²) in [6, 6.07) is 4.92. The highest BCUT2D eigenvalue weighted by molar-refractivity contribution is 9.10. The highest BCUT2D eigenvalue weighted by Crippen LogP contribution is 2.42. The number of benzene rings is 1. The van der Waals surface area contributed by atoms with E-state index in [2.05, 4.69) is 21.2 Å². The Morgan fingerprint density at radius 3 is 2.50 bits per heavy atom. The Morgan fingerprint density at radius 1 is 1.39 bits per heavy atom. The summed E-state index contributed by atoms with van der Waals surface area (Å²) in [6.07, 6.45) is 1.55. The van der Waals surface area contributed by atoms with Crippen molar-refractivity contribution in [2.75, 3.05) is 5.32 Å². The number of nitrogens with one attached hydrogen (secondary N) is 1. The second-order valence-electron chi connectivity index (χ2n) is 4.32. The number of anilines is 1. The van der Waals surface area contributed by atoms with Crippen molar-refractivity contribution in [3.8, 4) is 0 Å². The first-order valence-electron chi connectivity index (χ1n) is 5.45. The molecule has 0 heterocycles. The maximum absolute atomic E-state index is 12.0. The molecule has 1 fully saturated rings. The van der Waals surface area contributed by atoms with Gasteiger partial charge in [0.25, 0.3) is 0 Å². The van der Waals surface area contributed by atoms with Gasteiger partial charge in [-0.05, 0) is 47.0 Å². The van der Waals surface area contributed by atoms with Crippen LogP contribution in [0.5, 0.6) is 0 Å². The zero-order chi connectivity index (χ0) is 13.3. The zero-order valence-electron chi connectivity index (χ0n) is 9.37. The molecule has 1 aliphatic rings. The van der Waals surface area contributed by atoms with Gasteiger partial charge in [0.1, 0.15) is 5.41 Å². The van der Waals surface area contributed by atoms with Gasteiger partial charge in [-0.15, -0.1) is 0 Å². The van der Waals surface area contributed by atoms with Gasteiger partial charge in [-0.2, -0.15) is 0 Å². The molecule has 0 spiro atoms. The standard InChI is InChI=1S/C12H11BrClNO3/c13-8-6-7(2-3-9(8)14)15-10(16)12(11(17)18)4-1-5-12/h2-3,6H,1,4-5H2,(H,15,16)(H,17,18). The fourth-order valence-corrected chi connectivity index (χ4v) is 2.39. The SMILES string of the molecule is O=C(O)C1(C(=O)Nc2ccc(Cl)c(Br)c2)CCC1. The molecule has 1 amide bonds. The number of carboxylic acids is 1. The first-order valence-corrected chi connectivity index (χ1v) is 6.63. The van der Waals surface area contributed by atoms with E-state index in [1.807, 2.05) is 0 Å². The Bertz CT molecular complexity index is 514. The quantitative estimate of drug-likeness (QED) is 0.835. The highest BCUT2D eigenvalue weighted by atomic mass is 79.9. The van der Waals surface area contributed by atoms with Crippen molar-refractivity contribution >= 4 is 45.1 Å². The van der Waals surface area contributed by atoms with Crippen LogP contribution in [0.2, 0.25) is 5.02 Å². The van der Waals surface area contributed by atoms with E-state index in [9.17, 15) is 9.59 Å². The molecule has 96 valence electrons. The van der Waals surface area contributed by atoms with Crippen molar-refractivity contribution in [1.82, 2.24) is 0 Å². The van der Waals surface area contributed by atoms with Gasteiger partial charge in [0.15, 0.2) is 0 Å². The lowest BCUT2D eigenvalue weighted by molar-refractivity contribution is -0.159. The molecule has 1 aromatic carbocycles. The number of aliphatic carboxylic acids is 1. The molecule has 0 bridgehead atoms. The Labute approximate surface area is 117 Å². The van der Waals surface area contributed by atoms with E-state index >= 15 is 0 Å². The molecule has 2 rings (SSSR count). The number of halogens is 2. The Kier molecular flexibility index (Phi) is 3.64. The van der Waals surface area contributed by atoms with Crippen molar-refractivity contribution in [1.29, 1.82) is 0 Å². The van der Waals surface area contributed by atoms with E-state index in [1.54, 1.807) is 18.2 Å². The van der Waals surface area contributed by atoms with Crippen LogP contribution in [0.3, 0.4) is 0 Å². The first-order chi connectivity index (χ1) is 8.45. The molecule has 1 saturated carbocycles. The van der Waals surface area contributed by atoms with Crippen LogP contribution >= 0.6 is 27.5 Å². The third kappa shape index (κ3) is 2.24. The summed E-state index contributed by atoms with van der Waals surface area (Å²) in [7, 11) is 0. The third-order valence-corrected chi connectivity index (χ3v) is 4.44. The van der Waals surface area contributed by atoms with Crippen LogP contribution in [-0.4, -0.2) is 17.0 Å². The molecule has 0 atom stereocenters. The Morgan fingerprint density at radius 2 is 2.06 bits per heavy atom. The van der Waals surface area contributed by atoms with E-state index < -0.39 is 17.3 Å². The van der Waals surface area contributed by atoms with Crippen molar-refractivity contribution in [2.24, 2.45) is 5.41 Å². The number of amides is 1. The largest absolute Gasteiger partial charge is 0.480 e. The number of carbonyl (C=O) groups excluding carboxylic acids is 1. The van der Waals surface area contributed by atoms with Crippen LogP contribution in [0.15, 0.2) is 22.7 Å². The molecule has 4 nitrogen and oxygen atoms in total. The average molecular weight is 333 g/mol. The minimum absolute atomic E-state index is 0.392. The normalized spacial score (nSPS) is 16.8. The fraction of sp³-hybridized carbons (Fsp3) is 0.333. The number of hydrogen-bond donors (Lipinski definition) is 2. The van der Waals surface area contributed by atoms with E-state index in [-0.39, 0.29) is 0 Å². The first kappa shape index (κ1) is 13.4.